The summed E-state index contributed by atoms with van der Waals surface area (Å²) in [5.74, 6) is 6.44. The molecular formula is C77H134N2O9. The molecule has 12 rings (SSSR count). The molecule has 12 aliphatic rings. The summed E-state index contributed by atoms with van der Waals surface area (Å²) in [6.45, 7) is 41.2. The van der Waals surface area contributed by atoms with Crippen molar-refractivity contribution in [3.8, 4) is 0 Å². The molecule has 0 spiro atoms. The van der Waals surface area contributed by atoms with E-state index in [0.29, 0.717) is 88.6 Å². The van der Waals surface area contributed by atoms with Crippen LogP contribution in [0.15, 0.2) is 24.3 Å². The molecule has 0 aromatic heterocycles. The van der Waals surface area contributed by atoms with Crippen molar-refractivity contribution >= 4 is 5.78 Å². The first-order valence-electron chi connectivity index (χ1n) is 36.3. The van der Waals surface area contributed by atoms with Gasteiger partial charge in [-0.25, -0.2) is 0 Å². The minimum Gasteiger partial charge on any atom is -0.392 e. The second-order valence-corrected chi connectivity index (χ2v) is 34.5. The van der Waals surface area contributed by atoms with Crippen molar-refractivity contribution in [1.82, 2.24) is 5.32 Å². The van der Waals surface area contributed by atoms with Gasteiger partial charge in [-0.2, -0.15) is 0 Å². The number of hydrogen-bond donors (Lipinski definition) is 4. The molecule has 0 bridgehead atoms. The van der Waals surface area contributed by atoms with Gasteiger partial charge in [0.1, 0.15) is 5.78 Å². The SMILES string of the molecule is C.C=C(CO)[C@@H]1CC[C@]2(COC3CCCCO3)CC[C@]3(C)[C@H](CC[C@@H]4[C@@]5(C)CCC(=O)C(C)(C)[C@@H]5CC[C@]43C)[C@@H]12.C=C(CO)[C@@H]1CC[C@]2(COC3CCCCO3)CC[C@]3(C)[C@H](CC[C@@H]4[C@@]5(C)CCC(NCCOC)C(C)(C)[C@@H]5CC[C@]43C)[C@@H]12.COCCN. The number of rotatable bonds is 16. The van der Waals surface area contributed by atoms with E-state index in [4.69, 9.17) is 29.4 Å². The zero-order chi connectivity index (χ0) is 62.6. The number of aliphatic hydroxyl groups excluding tert-OH is 2. The molecule has 11 nitrogen and oxygen atoms in total. The molecule has 0 aromatic rings. The number of aliphatic hydroxyl groups is 2. The van der Waals surface area contributed by atoms with Crippen LogP contribution < -0.4 is 11.1 Å². The number of ketones is 1. The number of methoxy groups -OCH3 is 2. The van der Waals surface area contributed by atoms with Gasteiger partial charge in [0.25, 0.3) is 0 Å². The van der Waals surface area contributed by atoms with Gasteiger partial charge in [0.05, 0.1) is 39.6 Å². The molecule has 2 heterocycles. The van der Waals surface area contributed by atoms with Gasteiger partial charge >= 0.3 is 0 Å². The molecule has 0 amide bonds. The Morgan fingerprint density at radius 3 is 1.45 bits per heavy atom. The van der Waals surface area contributed by atoms with Gasteiger partial charge in [0.2, 0.25) is 0 Å². The van der Waals surface area contributed by atoms with Crippen molar-refractivity contribution in [2.75, 3.05) is 80.2 Å². The smallest absolute Gasteiger partial charge is 0.157 e. The maximum atomic E-state index is 13.1. The second kappa shape index (κ2) is 27.5. The van der Waals surface area contributed by atoms with E-state index >= 15 is 0 Å². The lowest BCUT2D eigenvalue weighted by Crippen LogP contribution is -2.67. The van der Waals surface area contributed by atoms with E-state index in [1.54, 1.807) is 7.11 Å². The Hall–Kier alpha value is -1.25. The molecule has 12 fully saturated rings. The normalized spacial score (nSPS) is 46.9. The molecule has 2 aliphatic heterocycles. The number of fused-ring (bicyclic) bond motifs is 14. The maximum Gasteiger partial charge on any atom is 0.157 e. The summed E-state index contributed by atoms with van der Waals surface area (Å²) < 4.78 is 35.3. The molecule has 10 saturated carbocycles. The van der Waals surface area contributed by atoms with E-state index in [2.05, 4.69) is 92.4 Å². The Labute approximate surface area is 537 Å². The molecule has 10 aliphatic carbocycles. The Morgan fingerprint density at radius 1 is 0.545 bits per heavy atom. The highest BCUT2D eigenvalue weighted by molar-refractivity contribution is 5.85. The van der Waals surface area contributed by atoms with Gasteiger partial charge in [-0.05, 0) is 280 Å². The van der Waals surface area contributed by atoms with Gasteiger partial charge in [0, 0.05) is 58.4 Å². The van der Waals surface area contributed by atoms with Gasteiger partial charge in [-0.3, -0.25) is 4.79 Å². The van der Waals surface area contributed by atoms with Crippen LogP contribution in [-0.4, -0.2) is 115 Å². The maximum absolute atomic E-state index is 13.1. The van der Waals surface area contributed by atoms with Crippen LogP contribution in [0.5, 0.6) is 0 Å². The lowest BCUT2D eigenvalue weighted by atomic mass is 9.32. The van der Waals surface area contributed by atoms with E-state index in [1.165, 1.54) is 116 Å². The van der Waals surface area contributed by atoms with Crippen molar-refractivity contribution in [3.05, 3.63) is 24.3 Å². The topological polar surface area (TPSA) is 151 Å². The largest absolute Gasteiger partial charge is 0.392 e. The predicted molar refractivity (Wildman–Crippen MR) is 356 cm³/mol. The van der Waals surface area contributed by atoms with Crippen molar-refractivity contribution in [1.29, 1.82) is 0 Å². The summed E-state index contributed by atoms with van der Waals surface area (Å²) in [5.41, 5.74) is 9.47. The highest BCUT2D eigenvalue weighted by atomic mass is 16.7. The molecule has 88 heavy (non-hydrogen) atoms. The van der Waals surface area contributed by atoms with Crippen LogP contribution in [0.4, 0.5) is 0 Å². The van der Waals surface area contributed by atoms with E-state index in [-0.39, 0.29) is 71.1 Å². The molecule has 506 valence electrons. The lowest BCUT2D eigenvalue weighted by molar-refractivity contribution is -0.250. The summed E-state index contributed by atoms with van der Waals surface area (Å²) in [7, 11) is 3.44. The third-order valence-corrected chi connectivity index (χ3v) is 30.9. The Morgan fingerprint density at radius 2 is 1.02 bits per heavy atom. The van der Waals surface area contributed by atoms with Crippen LogP contribution in [0.2, 0.25) is 0 Å². The Kier molecular flexibility index (Phi) is 22.2. The Balaban J connectivity index is 0.000000193. The molecule has 0 aromatic carbocycles. The summed E-state index contributed by atoms with van der Waals surface area (Å²) in [5, 5.41) is 24.5. The minimum absolute atomic E-state index is 0. The highest BCUT2D eigenvalue weighted by Crippen LogP contribution is 2.80. The molecule has 5 N–H and O–H groups in total. The van der Waals surface area contributed by atoms with E-state index in [0.717, 1.165) is 114 Å². The fourth-order valence-corrected chi connectivity index (χ4v) is 25.9. The fraction of sp³-hybridized carbons (Fsp3) is 0.935. The standard InChI is InChI=1S/C38H65NO4.C35H56O4.C3H9NO.CH4/c1-26(24-40)27-13-18-38(25-43-32-10-8-9-22-42-32)20-19-36(5)28(33(27)38)11-12-30-35(4)16-15-31(39-21-23-41-7)34(2,3)29(35)14-17-37(30,36)6;1-23(21-36)24-12-17-35(22-39-29-9-7-8-20-38-29)19-18-33(5)25(30(24)35)10-11-27-32(4)15-14-28(37)31(2,3)26(32)13-16-34(27,33)6;1-5-3-2-4;/h27-33,39-40H,1,8-25H2,2-7H3;24-27,29-30,36H,1,7-22H2,2-6H3;2-4H2,1H3;1H4/t27-,28+,29-,30+,31?,32?,33+,35-,36+,37+,38+;24-,25+,26-,27+,29?,30+,32-,33+,34+,35+;;/m00../s1. The summed E-state index contributed by atoms with van der Waals surface area (Å²) in [4.78, 5) is 13.1. The first kappa shape index (κ1) is 71.1. The van der Waals surface area contributed by atoms with Crippen LogP contribution in [0, 0.1) is 113 Å². The van der Waals surface area contributed by atoms with Crippen LogP contribution in [-0.2, 0) is 33.2 Å². The van der Waals surface area contributed by atoms with Crippen molar-refractivity contribution in [2.24, 2.45) is 119 Å². The number of Topliss-reactive ketones (excluding diaryl/α,β-unsaturated/α-hetero) is 1. The first-order chi connectivity index (χ1) is 41.3. The molecule has 21 atom stereocenters. The first-order valence-corrected chi connectivity index (χ1v) is 36.3. The van der Waals surface area contributed by atoms with Crippen LogP contribution in [0.1, 0.15) is 244 Å². The molecule has 2 saturated heterocycles. The zero-order valence-corrected chi connectivity index (χ0v) is 57.7. The Bertz CT molecular complexity index is 2360. The van der Waals surface area contributed by atoms with Crippen molar-refractivity contribution < 1.29 is 43.4 Å². The average molecular weight is 1230 g/mol. The third-order valence-electron chi connectivity index (χ3n) is 30.9. The number of nitrogens with two attached hydrogens (primary N) is 1. The quantitative estimate of drug-likeness (QED) is 0.0864. The zero-order valence-electron chi connectivity index (χ0n) is 57.7. The number of nitrogens with one attached hydrogen (secondary N) is 1. The van der Waals surface area contributed by atoms with Crippen molar-refractivity contribution in [3.63, 3.8) is 0 Å². The number of carbonyl (C=O) groups excluding carboxylic acids is 1. The predicted octanol–water partition coefficient (Wildman–Crippen LogP) is 15.7. The van der Waals surface area contributed by atoms with Gasteiger partial charge in [-0.1, -0.05) is 89.8 Å². The highest BCUT2D eigenvalue weighted by Gasteiger charge is 2.73. The van der Waals surface area contributed by atoms with E-state index < -0.39 is 0 Å². The second-order valence-electron chi connectivity index (χ2n) is 34.5. The summed E-state index contributed by atoms with van der Waals surface area (Å²) in [6.07, 6.45) is 31.4. The third kappa shape index (κ3) is 11.9. The average Bonchev–Trinajstić information content (AvgIpc) is 0.945. The molecule has 0 radical (unpaired) electrons. The van der Waals surface area contributed by atoms with Crippen LogP contribution in [0.3, 0.4) is 0 Å². The summed E-state index contributed by atoms with van der Waals surface area (Å²) >= 11 is 0. The van der Waals surface area contributed by atoms with Crippen LogP contribution >= 0.6 is 0 Å². The molecular weight excluding hydrogens is 1100 g/mol. The number of hydrogen-bond acceptors (Lipinski definition) is 11. The van der Waals surface area contributed by atoms with Gasteiger partial charge < -0.3 is 49.7 Å². The van der Waals surface area contributed by atoms with Gasteiger partial charge in [0.15, 0.2) is 12.6 Å². The lowest BCUT2D eigenvalue weighted by Gasteiger charge is -2.73. The number of carbonyl (C=O) groups is 1. The molecule has 11 heteroatoms. The fourth-order valence-electron chi connectivity index (χ4n) is 25.9. The van der Waals surface area contributed by atoms with Crippen LogP contribution in [0.25, 0.3) is 0 Å². The molecule has 3 unspecified atom stereocenters. The summed E-state index contributed by atoms with van der Waals surface area (Å²) in [6, 6.07) is 0.573. The monoisotopic (exact) mass is 1230 g/mol. The minimum atomic E-state index is -0.193. The van der Waals surface area contributed by atoms with Crippen molar-refractivity contribution in [2.45, 2.75) is 262 Å². The number of ether oxygens (including phenoxy) is 6. The van der Waals surface area contributed by atoms with E-state index in [9.17, 15) is 15.0 Å². The van der Waals surface area contributed by atoms with E-state index in [1.807, 2.05) is 7.11 Å². The van der Waals surface area contributed by atoms with Gasteiger partial charge in [-0.15, -0.1) is 0 Å².